The molecule has 0 spiro atoms. The fourth-order valence-corrected chi connectivity index (χ4v) is 4.64. The highest BCUT2D eigenvalue weighted by Gasteiger charge is 2.52. The van der Waals surface area contributed by atoms with Crippen LogP contribution in [-0.2, 0) is 9.53 Å². The van der Waals surface area contributed by atoms with Gasteiger partial charge in [-0.1, -0.05) is 41.9 Å². The van der Waals surface area contributed by atoms with Crippen LogP contribution >= 0.6 is 11.6 Å². The van der Waals surface area contributed by atoms with Crippen LogP contribution in [0, 0.1) is 0 Å². The molecule has 3 atom stereocenters. The lowest BCUT2D eigenvalue weighted by Crippen LogP contribution is -3.09. The van der Waals surface area contributed by atoms with E-state index in [-0.39, 0.29) is 12.0 Å². The van der Waals surface area contributed by atoms with E-state index in [0.29, 0.717) is 24.0 Å². The number of amidine groups is 1. The van der Waals surface area contributed by atoms with Crippen molar-refractivity contribution in [3.8, 4) is 0 Å². The minimum atomic E-state index is -0.506. The summed E-state index contributed by atoms with van der Waals surface area (Å²) in [5.41, 5.74) is 1.69. The van der Waals surface area contributed by atoms with Crippen LogP contribution in [0.4, 0.5) is 5.69 Å². The summed E-state index contributed by atoms with van der Waals surface area (Å²) in [6.07, 6.45) is 0.803. The van der Waals surface area contributed by atoms with Gasteiger partial charge in [0.05, 0.1) is 32.4 Å². The molecule has 0 aromatic heterocycles. The highest BCUT2D eigenvalue weighted by atomic mass is 35.5. The number of hydrogen-bond acceptors (Lipinski definition) is 5. The SMILES string of the molecule is CCOC(=O)C1=NN(c2ccc(Cl)cc2)[C@@]2(C)CC(c3ccccc3)[NH+](C)CCN12. The Morgan fingerprint density at radius 2 is 1.93 bits per heavy atom. The Morgan fingerprint density at radius 1 is 1.23 bits per heavy atom. The number of quaternary nitrogens is 1. The fourth-order valence-electron chi connectivity index (χ4n) is 4.52. The monoisotopic (exact) mass is 427 g/mol. The van der Waals surface area contributed by atoms with Gasteiger partial charge in [0.15, 0.2) is 0 Å². The first kappa shape index (κ1) is 20.7. The molecule has 0 radical (unpaired) electrons. The highest BCUT2D eigenvalue weighted by Crippen LogP contribution is 2.40. The quantitative estimate of drug-likeness (QED) is 0.762. The van der Waals surface area contributed by atoms with Gasteiger partial charge in [-0.15, -0.1) is 5.10 Å². The van der Waals surface area contributed by atoms with Crippen LogP contribution < -0.4 is 9.91 Å². The molecule has 30 heavy (non-hydrogen) atoms. The van der Waals surface area contributed by atoms with E-state index in [1.165, 1.54) is 10.5 Å². The van der Waals surface area contributed by atoms with Gasteiger partial charge in [-0.05, 0) is 38.1 Å². The van der Waals surface area contributed by atoms with Gasteiger partial charge >= 0.3 is 5.97 Å². The summed E-state index contributed by atoms with van der Waals surface area (Å²) >= 11 is 6.12. The summed E-state index contributed by atoms with van der Waals surface area (Å²) in [5.74, 6) is -0.00758. The fraction of sp³-hybridized carbons (Fsp3) is 0.391. The molecule has 6 nitrogen and oxygen atoms in total. The Balaban J connectivity index is 1.78. The number of hydrogen-bond donors (Lipinski definition) is 1. The molecule has 7 heteroatoms. The molecule has 1 fully saturated rings. The van der Waals surface area contributed by atoms with Crippen LogP contribution in [0.3, 0.4) is 0 Å². The average Bonchev–Trinajstić information content (AvgIpc) is 2.96. The van der Waals surface area contributed by atoms with Crippen molar-refractivity contribution in [3.05, 3.63) is 65.2 Å². The number of anilines is 1. The van der Waals surface area contributed by atoms with Gasteiger partial charge in [-0.25, -0.2) is 9.80 Å². The number of benzene rings is 2. The molecular formula is C23H28ClN4O2+. The predicted octanol–water partition coefficient (Wildman–Crippen LogP) is 2.71. The van der Waals surface area contributed by atoms with E-state index < -0.39 is 5.66 Å². The van der Waals surface area contributed by atoms with Crippen LogP contribution in [0.5, 0.6) is 0 Å². The largest absolute Gasteiger partial charge is 0.460 e. The number of carbonyl (C=O) groups is 1. The number of rotatable bonds is 4. The lowest BCUT2D eigenvalue weighted by molar-refractivity contribution is -0.910. The molecule has 0 amide bonds. The minimum absolute atomic E-state index is 0.271. The van der Waals surface area contributed by atoms with Crippen molar-refractivity contribution < 1.29 is 14.4 Å². The second kappa shape index (κ2) is 8.28. The number of halogens is 1. The number of nitrogens with one attached hydrogen (secondary N) is 1. The summed E-state index contributed by atoms with van der Waals surface area (Å²) in [6.45, 7) is 5.90. The summed E-state index contributed by atoms with van der Waals surface area (Å²) in [5, 5.41) is 7.40. The van der Waals surface area contributed by atoms with Gasteiger partial charge in [0.25, 0.3) is 0 Å². The minimum Gasteiger partial charge on any atom is -0.460 e. The smallest absolute Gasteiger partial charge is 0.376 e. The maximum absolute atomic E-state index is 12.8. The highest BCUT2D eigenvalue weighted by molar-refractivity contribution is 6.36. The first-order chi connectivity index (χ1) is 14.4. The second-order valence-electron chi connectivity index (χ2n) is 8.06. The van der Waals surface area contributed by atoms with Gasteiger partial charge in [0, 0.05) is 17.0 Å². The zero-order valence-corrected chi connectivity index (χ0v) is 18.4. The maximum atomic E-state index is 12.8. The van der Waals surface area contributed by atoms with Crippen molar-refractivity contribution in [1.29, 1.82) is 0 Å². The first-order valence-corrected chi connectivity index (χ1v) is 10.8. The van der Waals surface area contributed by atoms with Gasteiger partial charge in [-0.3, -0.25) is 0 Å². The Hall–Kier alpha value is -2.57. The van der Waals surface area contributed by atoms with Gasteiger partial charge in [0.1, 0.15) is 11.7 Å². The van der Waals surface area contributed by atoms with Crippen LogP contribution in [0.1, 0.15) is 31.9 Å². The van der Waals surface area contributed by atoms with Crippen LogP contribution in [0.2, 0.25) is 5.02 Å². The van der Waals surface area contributed by atoms with Crippen molar-refractivity contribution in [2.45, 2.75) is 32.0 Å². The van der Waals surface area contributed by atoms with Gasteiger partial charge < -0.3 is 14.5 Å². The van der Waals surface area contributed by atoms with E-state index in [1.807, 2.05) is 42.3 Å². The van der Waals surface area contributed by atoms with Crippen molar-refractivity contribution in [2.24, 2.45) is 5.10 Å². The van der Waals surface area contributed by atoms with Crippen LogP contribution in [0.25, 0.3) is 0 Å². The zero-order chi connectivity index (χ0) is 21.3. The number of fused-ring (bicyclic) bond motifs is 1. The summed E-state index contributed by atoms with van der Waals surface area (Å²) in [4.78, 5) is 16.3. The Kier molecular flexibility index (Phi) is 5.71. The lowest BCUT2D eigenvalue weighted by Gasteiger charge is -2.40. The normalized spacial score (nSPS) is 26.1. The molecule has 158 valence electrons. The molecule has 2 heterocycles. The number of nitrogens with zero attached hydrogens (tertiary/aromatic N) is 3. The number of hydrazone groups is 1. The van der Waals surface area contributed by atoms with Crippen molar-refractivity contribution in [3.63, 3.8) is 0 Å². The molecule has 4 rings (SSSR count). The van der Waals surface area contributed by atoms with Crippen molar-refractivity contribution in [2.75, 3.05) is 31.8 Å². The predicted molar refractivity (Wildman–Crippen MR) is 119 cm³/mol. The number of likely N-dealkylation sites (N-methyl/N-ethyl adjacent to an activating group) is 1. The van der Waals surface area contributed by atoms with Gasteiger partial charge in [0.2, 0.25) is 5.84 Å². The molecule has 2 aromatic rings. The molecule has 0 saturated carbocycles. The van der Waals surface area contributed by atoms with Crippen LogP contribution in [-0.4, -0.2) is 49.1 Å². The molecule has 2 aliphatic heterocycles. The summed E-state index contributed by atoms with van der Waals surface area (Å²) in [6, 6.07) is 18.4. The van der Waals surface area contributed by atoms with E-state index >= 15 is 0 Å². The molecule has 1 saturated heterocycles. The molecule has 2 aliphatic rings. The van der Waals surface area contributed by atoms with Crippen molar-refractivity contribution >= 4 is 29.1 Å². The van der Waals surface area contributed by atoms with Crippen LogP contribution in [0.15, 0.2) is 59.7 Å². The van der Waals surface area contributed by atoms with E-state index in [0.717, 1.165) is 18.7 Å². The van der Waals surface area contributed by atoms with E-state index in [9.17, 15) is 4.79 Å². The van der Waals surface area contributed by atoms with Crippen molar-refractivity contribution in [1.82, 2.24) is 4.90 Å². The molecule has 0 aliphatic carbocycles. The van der Waals surface area contributed by atoms with E-state index in [1.54, 1.807) is 0 Å². The summed E-state index contributed by atoms with van der Waals surface area (Å²) in [7, 11) is 2.22. The third-order valence-electron chi connectivity index (χ3n) is 6.13. The summed E-state index contributed by atoms with van der Waals surface area (Å²) < 4.78 is 5.34. The van der Waals surface area contributed by atoms with Gasteiger partial charge in [-0.2, -0.15) is 0 Å². The molecule has 2 aromatic carbocycles. The topological polar surface area (TPSA) is 49.6 Å². The average molecular weight is 428 g/mol. The Morgan fingerprint density at radius 3 is 2.60 bits per heavy atom. The first-order valence-electron chi connectivity index (χ1n) is 10.4. The van der Waals surface area contributed by atoms with E-state index in [2.05, 4.69) is 43.1 Å². The molecular weight excluding hydrogens is 400 g/mol. The third-order valence-corrected chi connectivity index (χ3v) is 6.39. The molecule has 1 N–H and O–H groups in total. The zero-order valence-electron chi connectivity index (χ0n) is 17.6. The second-order valence-corrected chi connectivity index (χ2v) is 8.50. The third kappa shape index (κ3) is 3.66. The maximum Gasteiger partial charge on any atom is 0.376 e. The number of ether oxygens (including phenoxy) is 1. The van der Waals surface area contributed by atoms with E-state index in [4.69, 9.17) is 21.4 Å². The number of carbonyl (C=O) groups excluding carboxylic acids is 1. The Bertz CT molecular complexity index is 934. The molecule has 0 bridgehead atoms. The molecule has 2 unspecified atom stereocenters. The lowest BCUT2D eigenvalue weighted by atomic mass is 9.94. The Labute approximate surface area is 182 Å². The standard InChI is InChI=1S/C23H27ClN4O2/c1-4-30-22(29)21-25-28(19-12-10-18(24)11-13-19)23(2)16-20(17-8-6-5-7-9-17)26(3)14-15-27(21)23/h5-13,20H,4,14-16H2,1-3H3/p+1/t20?,23-/m0/s1. The number of esters is 1.